The van der Waals surface area contributed by atoms with Crippen LogP contribution in [0.25, 0.3) is 11.1 Å². The highest BCUT2D eigenvalue weighted by atomic mass is 16.2. The quantitative estimate of drug-likeness (QED) is 0.700. The lowest BCUT2D eigenvalue weighted by Crippen LogP contribution is -2.41. The highest BCUT2D eigenvalue weighted by molar-refractivity contribution is 5.76. The first kappa shape index (κ1) is 18.3. The lowest BCUT2D eigenvalue weighted by atomic mass is 9.90. The smallest absolute Gasteiger partial charge is 0.244 e. The molecule has 1 unspecified atom stereocenters. The van der Waals surface area contributed by atoms with Gasteiger partial charge >= 0.3 is 0 Å². The van der Waals surface area contributed by atoms with E-state index in [1.807, 2.05) is 43.1 Å². The zero-order chi connectivity index (χ0) is 19.5. The minimum Gasteiger partial charge on any atom is -0.340 e. The van der Waals surface area contributed by atoms with Crippen molar-refractivity contribution >= 4 is 5.91 Å². The number of piperidine rings is 1. The first-order valence-corrected chi connectivity index (χ1v) is 9.61. The molecule has 4 rings (SSSR count). The minimum atomic E-state index is 0.107. The molecule has 1 fully saturated rings. The van der Waals surface area contributed by atoms with Gasteiger partial charge in [0.15, 0.2) is 0 Å². The predicted octanol–water partition coefficient (Wildman–Crippen LogP) is 2.76. The van der Waals surface area contributed by atoms with Gasteiger partial charge < -0.3 is 4.90 Å². The number of carbonyl (C=O) groups is 1. The summed E-state index contributed by atoms with van der Waals surface area (Å²) in [6.45, 7) is 5.67. The van der Waals surface area contributed by atoms with Crippen LogP contribution in [0.4, 0.5) is 0 Å². The van der Waals surface area contributed by atoms with Crippen LogP contribution in [0.5, 0.6) is 0 Å². The van der Waals surface area contributed by atoms with Gasteiger partial charge in [-0.15, -0.1) is 0 Å². The highest BCUT2D eigenvalue weighted by Gasteiger charge is 2.28. The maximum Gasteiger partial charge on any atom is 0.244 e. The second-order valence-corrected chi connectivity index (χ2v) is 7.32. The first-order valence-electron chi connectivity index (χ1n) is 9.61. The second kappa shape index (κ2) is 7.88. The Kier molecular flexibility index (Phi) is 5.14. The second-order valence-electron chi connectivity index (χ2n) is 7.32. The Balaban J connectivity index is 1.53. The molecule has 1 saturated heterocycles. The zero-order valence-electron chi connectivity index (χ0n) is 16.2. The summed E-state index contributed by atoms with van der Waals surface area (Å²) in [5.74, 6) is 0.305. The summed E-state index contributed by atoms with van der Waals surface area (Å²) in [6.07, 6.45) is 8.98. The Morgan fingerprint density at radius 1 is 1.21 bits per heavy atom. The van der Waals surface area contributed by atoms with E-state index in [1.165, 1.54) is 0 Å². The van der Waals surface area contributed by atoms with Crippen molar-refractivity contribution in [3.8, 4) is 11.1 Å². The Hall–Kier alpha value is -3.09. The van der Waals surface area contributed by atoms with E-state index in [2.05, 4.69) is 20.1 Å². The van der Waals surface area contributed by atoms with Crippen molar-refractivity contribution in [3.05, 3.63) is 60.2 Å². The number of carbonyl (C=O) groups excluding carboxylic acids is 1. The molecule has 1 amide bonds. The van der Waals surface area contributed by atoms with Crippen LogP contribution in [0.2, 0.25) is 0 Å². The first-order chi connectivity index (χ1) is 13.6. The third kappa shape index (κ3) is 3.78. The van der Waals surface area contributed by atoms with E-state index in [1.54, 1.807) is 23.4 Å². The van der Waals surface area contributed by atoms with Crippen LogP contribution in [0, 0.1) is 13.8 Å². The van der Waals surface area contributed by atoms with Gasteiger partial charge in [-0.1, -0.05) is 0 Å². The van der Waals surface area contributed by atoms with Gasteiger partial charge in [-0.3, -0.25) is 14.5 Å². The van der Waals surface area contributed by atoms with Crippen LogP contribution in [-0.4, -0.2) is 48.6 Å². The minimum absolute atomic E-state index is 0.107. The lowest BCUT2D eigenvalue weighted by molar-refractivity contribution is -0.133. The molecule has 7 nitrogen and oxygen atoms in total. The van der Waals surface area contributed by atoms with Crippen molar-refractivity contribution < 1.29 is 4.79 Å². The maximum absolute atomic E-state index is 12.9. The Morgan fingerprint density at radius 3 is 2.79 bits per heavy atom. The standard InChI is InChI=1S/C21H24N6O/c1-15-10-16(2)27(25-15)13-20(28)26-9-3-4-18(12-26)21-19(11-23-14-24-21)17-5-7-22-8-6-17/h5-8,10-11,14,18H,3-4,9,12-13H2,1-2H3. The van der Waals surface area contributed by atoms with Crippen LogP contribution in [-0.2, 0) is 11.3 Å². The molecule has 144 valence electrons. The van der Waals surface area contributed by atoms with Crippen molar-refractivity contribution in [1.82, 2.24) is 29.6 Å². The number of hydrogen-bond donors (Lipinski definition) is 0. The molecular weight excluding hydrogens is 352 g/mol. The number of hydrogen-bond acceptors (Lipinski definition) is 5. The molecule has 0 aliphatic carbocycles. The van der Waals surface area contributed by atoms with Crippen LogP contribution in [0.3, 0.4) is 0 Å². The van der Waals surface area contributed by atoms with Gasteiger partial charge in [0.05, 0.1) is 11.4 Å². The maximum atomic E-state index is 12.9. The summed E-state index contributed by atoms with van der Waals surface area (Å²) in [6, 6.07) is 5.93. The Morgan fingerprint density at radius 2 is 2.04 bits per heavy atom. The van der Waals surface area contributed by atoms with Gasteiger partial charge in [0, 0.05) is 48.9 Å². The molecule has 0 aromatic carbocycles. The monoisotopic (exact) mass is 376 g/mol. The van der Waals surface area contributed by atoms with Crippen molar-refractivity contribution in [3.63, 3.8) is 0 Å². The third-order valence-corrected chi connectivity index (χ3v) is 5.28. The molecule has 28 heavy (non-hydrogen) atoms. The predicted molar refractivity (Wildman–Crippen MR) is 106 cm³/mol. The topological polar surface area (TPSA) is 76.8 Å². The molecule has 0 bridgehead atoms. The lowest BCUT2D eigenvalue weighted by Gasteiger charge is -2.33. The van der Waals surface area contributed by atoms with Gasteiger partial charge in [0.1, 0.15) is 12.9 Å². The van der Waals surface area contributed by atoms with Gasteiger partial charge in [0.2, 0.25) is 5.91 Å². The van der Waals surface area contributed by atoms with E-state index in [9.17, 15) is 4.79 Å². The third-order valence-electron chi connectivity index (χ3n) is 5.28. The van der Waals surface area contributed by atoms with Crippen LogP contribution in [0.15, 0.2) is 43.1 Å². The zero-order valence-corrected chi connectivity index (χ0v) is 16.2. The molecule has 1 aliphatic heterocycles. The molecule has 0 spiro atoms. The normalized spacial score (nSPS) is 16.9. The highest BCUT2D eigenvalue weighted by Crippen LogP contribution is 2.32. The number of aromatic nitrogens is 5. The molecule has 7 heteroatoms. The van der Waals surface area contributed by atoms with E-state index < -0.39 is 0 Å². The largest absolute Gasteiger partial charge is 0.340 e. The van der Waals surface area contributed by atoms with Gasteiger partial charge in [0.25, 0.3) is 0 Å². The van der Waals surface area contributed by atoms with Crippen LogP contribution < -0.4 is 0 Å². The number of rotatable bonds is 4. The summed E-state index contributed by atoms with van der Waals surface area (Å²) in [5.41, 5.74) is 5.02. The van der Waals surface area contributed by atoms with Crippen LogP contribution >= 0.6 is 0 Å². The average Bonchev–Trinajstić information content (AvgIpc) is 3.05. The van der Waals surface area contributed by atoms with Crippen LogP contribution in [0.1, 0.15) is 35.8 Å². The molecule has 4 heterocycles. The van der Waals surface area contributed by atoms with Crippen molar-refractivity contribution in [2.45, 2.75) is 39.2 Å². The number of amides is 1. The molecule has 0 saturated carbocycles. The number of likely N-dealkylation sites (tertiary alicyclic amines) is 1. The summed E-state index contributed by atoms with van der Waals surface area (Å²) in [5, 5.41) is 4.42. The van der Waals surface area contributed by atoms with E-state index in [0.717, 1.165) is 47.6 Å². The number of nitrogens with zero attached hydrogens (tertiary/aromatic N) is 6. The molecular formula is C21H24N6O. The number of aryl methyl sites for hydroxylation is 2. The van der Waals surface area contributed by atoms with E-state index >= 15 is 0 Å². The van der Waals surface area contributed by atoms with Crippen molar-refractivity contribution in [1.29, 1.82) is 0 Å². The van der Waals surface area contributed by atoms with E-state index in [4.69, 9.17) is 0 Å². The fraction of sp³-hybridized carbons (Fsp3) is 0.381. The molecule has 1 atom stereocenters. The molecule has 3 aromatic heterocycles. The van der Waals surface area contributed by atoms with Crippen molar-refractivity contribution in [2.75, 3.05) is 13.1 Å². The fourth-order valence-electron chi connectivity index (χ4n) is 3.91. The summed E-state index contributed by atoms with van der Waals surface area (Å²) in [4.78, 5) is 27.7. The van der Waals surface area contributed by atoms with Crippen molar-refractivity contribution in [2.24, 2.45) is 0 Å². The Labute approximate surface area is 164 Å². The molecule has 3 aromatic rings. The van der Waals surface area contributed by atoms with Gasteiger partial charge in [-0.25, -0.2) is 9.97 Å². The SMILES string of the molecule is Cc1cc(C)n(CC(=O)N2CCCC(c3ncncc3-c3ccncc3)C2)n1. The summed E-state index contributed by atoms with van der Waals surface area (Å²) < 4.78 is 1.79. The number of pyridine rings is 1. The fourth-order valence-corrected chi connectivity index (χ4v) is 3.91. The molecule has 0 N–H and O–H groups in total. The Bertz CT molecular complexity index is 968. The summed E-state index contributed by atoms with van der Waals surface area (Å²) >= 11 is 0. The van der Waals surface area contributed by atoms with Gasteiger partial charge in [-0.2, -0.15) is 5.10 Å². The molecule has 1 aliphatic rings. The van der Waals surface area contributed by atoms with E-state index in [-0.39, 0.29) is 18.4 Å². The van der Waals surface area contributed by atoms with Gasteiger partial charge in [-0.05, 0) is 50.5 Å². The molecule has 0 radical (unpaired) electrons. The average molecular weight is 376 g/mol. The van der Waals surface area contributed by atoms with E-state index in [0.29, 0.717) is 6.54 Å². The summed E-state index contributed by atoms with van der Waals surface area (Å²) in [7, 11) is 0.